The molecule has 2 aliphatic rings. The van der Waals surface area contributed by atoms with Crippen molar-refractivity contribution in [3.8, 4) is 0 Å². The van der Waals surface area contributed by atoms with Gasteiger partial charge in [-0.05, 0) is 55.2 Å². The molecule has 2 bridgehead atoms. The van der Waals surface area contributed by atoms with Crippen LogP contribution in [0, 0.1) is 17.8 Å². The Labute approximate surface area is 134 Å². The molecule has 3 rings (SSSR count). The van der Waals surface area contributed by atoms with Crippen molar-refractivity contribution in [3.05, 3.63) is 22.7 Å². The minimum atomic E-state index is -3.52. The number of benzene rings is 1. The highest BCUT2D eigenvalue weighted by molar-refractivity contribution is 9.10. The van der Waals surface area contributed by atoms with E-state index >= 15 is 0 Å². The quantitative estimate of drug-likeness (QED) is 0.825. The molecule has 4 nitrogen and oxygen atoms in total. The third-order valence-electron chi connectivity index (χ3n) is 5.04. The summed E-state index contributed by atoms with van der Waals surface area (Å²) in [5, 5.41) is 0. The molecular formula is C15H21BrN2O2S. The molecule has 0 aromatic heterocycles. The fraction of sp³-hybridized carbons (Fsp3) is 0.600. The van der Waals surface area contributed by atoms with Crippen LogP contribution < -0.4 is 5.73 Å². The second kappa shape index (κ2) is 5.56. The van der Waals surface area contributed by atoms with E-state index < -0.39 is 10.0 Å². The number of hydrogen-bond donors (Lipinski definition) is 1. The number of nitrogens with zero attached hydrogens (tertiary/aromatic N) is 1. The number of rotatable bonds is 4. The molecule has 1 aromatic rings. The summed E-state index contributed by atoms with van der Waals surface area (Å²) in [6.07, 6.45) is 5.06. The van der Waals surface area contributed by atoms with Crippen LogP contribution in [0.2, 0.25) is 0 Å². The van der Waals surface area contributed by atoms with Crippen molar-refractivity contribution in [2.24, 2.45) is 17.8 Å². The summed E-state index contributed by atoms with van der Waals surface area (Å²) in [5.41, 5.74) is 6.16. The number of hydrogen-bond acceptors (Lipinski definition) is 3. The van der Waals surface area contributed by atoms with Gasteiger partial charge < -0.3 is 5.73 Å². The molecule has 1 aromatic carbocycles. The van der Waals surface area contributed by atoms with Crippen molar-refractivity contribution in [1.29, 1.82) is 0 Å². The summed E-state index contributed by atoms with van der Waals surface area (Å²) in [6, 6.07) is 4.97. The third kappa shape index (κ3) is 2.85. The zero-order valence-electron chi connectivity index (χ0n) is 12.1. The molecule has 0 saturated heterocycles. The Morgan fingerprint density at radius 3 is 2.71 bits per heavy atom. The summed E-state index contributed by atoms with van der Waals surface area (Å²) in [6.45, 7) is 0.607. The van der Waals surface area contributed by atoms with Gasteiger partial charge in [-0.25, -0.2) is 12.7 Å². The van der Waals surface area contributed by atoms with Crippen molar-refractivity contribution >= 4 is 31.6 Å². The highest BCUT2D eigenvalue weighted by Crippen LogP contribution is 2.48. The lowest BCUT2D eigenvalue weighted by Gasteiger charge is -2.27. The van der Waals surface area contributed by atoms with Gasteiger partial charge in [0.15, 0.2) is 0 Å². The maximum Gasteiger partial charge on any atom is 0.244 e. The SMILES string of the molecule is CN(CC1CC2CCC1C2)S(=O)(=O)c1cc(Br)ccc1N. The van der Waals surface area contributed by atoms with Crippen LogP contribution in [0.3, 0.4) is 0 Å². The van der Waals surface area contributed by atoms with Crippen molar-refractivity contribution in [2.75, 3.05) is 19.3 Å². The first-order chi connectivity index (χ1) is 9.88. The van der Waals surface area contributed by atoms with Crippen LogP contribution in [0.5, 0.6) is 0 Å². The van der Waals surface area contributed by atoms with Gasteiger partial charge in [-0.15, -0.1) is 0 Å². The molecule has 2 aliphatic carbocycles. The van der Waals surface area contributed by atoms with Gasteiger partial charge in [0.2, 0.25) is 10.0 Å². The lowest BCUT2D eigenvalue weighted by molar-refractivity contribution is 0.280. The summed E-state index contributed by atoms with van der Waals surface area (Å²) >= 11 is 3.31. The van der Waals surface area contributed by atoms with Crippen molar-refractivity contribution in [3.63, 3.8) is 0 Å². The molecule has 0 radical (unpaired) electrons. The zero-order chi connectivity index (χ0) is 15.2. The first kappa shape index (κ1) is 15.3. The van der Waals surface area contributed by atoms with Gasteiger partial charge >= 0.3 is 0 Å². The second-order valence-corrected chi connectivity index (χ2v) is 9.33. The van der Waals surface area contributed by atoms with Gasteiger partial charge in [-0.2, -0.15) is 0 Å². The second-order valence-electron chi connectivity index (χ2n) is 6.40. The predicted molar refractivity (Wildman–Crippen MR) is 87.3 cm³/mol. The van der Waals surface area contributed by atoms with E-state index in [-0.39, 0.29) is 4.90 Å². The molecule has 0 amide bonds. The number of sulfonamides is 1. The summed E-state index contributed by atoms with van der Waals surface area (Å²) in [7, 11) is -1.85. The lowest BCUT2D eigenvalue weighted by atomic mass is 9.89. The molecule has 2 fully saturated rings. The van der Waals surface area contributed by atoms with Crippen molar-refractivity contribution < 1.29 is 8.42 Å². The van der Waals surface area contributed by atoms with Gasteiger partial charge in [0.05, 0.1) is 5.69 Å². The third-order valence-corrected chi connectivity index (χ3v) is 7.41. The Morgan fingerprint density at radius 1 is 1.33 bits per heavy atom. The van der Waals surface area contributed by atoms with Crippen LogP contribution in [-0.4, -0.2) is 26.3 Å². The molecule has 0 spiro atoms. The van der Waals surface area contributed by atoms with Crippen LogP contribution in [0.15, 0.2) is 27.6 Å². The van der Waals surface area contributed by atoms with Gasteiger partial charge in [-0.1, -0.05) is 22.4 Å². The van der Waals surface area contributed by atoms with Crippen LogP contribution in [0.25, 0.3) is 0 Å². The average molecular weight is 373 g/mol. The monoisotopic (exact) mass is 372 g/mol. The number of nitrogen functional groups attached to an aromatic ring is 1. The fourth-order valence-corrected chi connectivity index (χ4v) is 5.81. The van der Waals surface area contributed by atoms with E-state index in [9.17, 15) is 8.42 Å². The fourth-order valence-electron chi connectivity index (χ4n) is 3.93. The van der Waals surface area contributed by atoms with Crippen LogP contribution in [-0.2, 0) is 10.0 Å². The van der Waals surface area contributed by atoms with Crippen LogP contribution in [0.4, 0.5) is 5.69 Å². The normalized spacial score (nSPS) is 28.4. The Morgan fingerprint density at radius 2 is 2.10 bits per heavy atom. The zero-order valence-corrected chi connectivity index (χ0v) is 14.5. The molecule has 2 N–H and O–H groups in total. The van der Waals surface area contributed by atoms with Crippen molar-refractivity contribution in [1.82, 2.24) is 4.31 Å². The number of anilines is 1. The van der Waals surface area contributed by atoms with Gasteiger partial charge in [0.25, 0.3) is 0 Å². The average Bonchev–Trinajstić information content (AvgIpc) is 3.03. The number of halogens is 1. The Kier molecular flexibility index (Phi) is 4.05. The van der Waals surface area contributed by atoms with Gasteiger partial charge in [-0.3, -0.25) is 0 Å². The van der Waals surface area contributed by atoms with Crippen molar-refractivity contribution in [2.45, 2.75) is 30.6 Å². The Bertz CT molecular complexity index is 647. The van der Waals surface area contributed by atoms with E-state index in [2.05, 4.69) is 15.9 Å². The standard InChI is InChI=1S/C15H21BrN2O2S/c1-18(9-12-7-10-2-3-11(12)6-10)21(19,20)15-8-13(16)4-5-14(15)17/h4-5,8,10-12H,2-3,6-7,9,17H2,1H3. The Hall–Kier alpha value is -0.590. The number of fused-ring (bicyclic) bond motifs is 2. The first-order valence-corrected chi connectivity index (χ1v) is 9.62. The highest BCUT2D eigenvalue weighted by atomic mass is 79.9. The van der Waals surface area contributed by atoms with E-state index in [1.54, 1.807) is 25.2 Å². The highest BCUT2D eigenvalue weighted by Gasteiger charge is 2.41. The van der Waals surface area contributed by atoms with Crippen LogP contribution in [0.1, 0.15) is 25.7 Å². The molecule has 21 heavy (non-hydrogen) atoms. The minimum absolute atomic E-state index is 0.197. The molecule has 116 valence electrons. The topological polar surface area (TPSA) is 63.4 Å². The predicted octanol–water partition coefficient (Wildman–Crippen LogP) is 3.09. The molecule has 3 unspecified atom stereocenters. The molecular weight excluding hydrogens is 352 g/mol. The molecule has 3 atom stereocenters. The maximum absolute atomic E-state index is 12.7. The van der Waals surface area contributed by atoms with E-state index in [0.29, 0.717) is 24.1 Å². The largest absolute Gasteiger partial charge is 0.398 e. The molecule has 0 heterocycles. The maximum atomic E-state index is 12.7. The van der Waals surface area contributed by atoms with E-state index in [4.69, 9.17) is 5.73 Å². The summed E-state index contributed by atoms with van der Waals surface area (Å²) in [4.78, 5) is 0.197. The van der Waals surface area contributed by atoms with E-state index in [1.807, 2.05) is 0 Å². The molecule has 6 heteroatoms. The number of nitrogens with two attached hydrogens (primary N) is 1. The van der Waals surface area contributed by atoms with Gasteiger partial charge in [0.1, 0.15) is 4.90 Å². The minimum Gasteiger partial charge on any atom is -0.398 e. The van der Waals surface area contributed by atoms with E-state index in [0.717, 1.165) is 10.4 Å². The summed E-state index contributed by atoms with van der Waals surface area (Å²) in [5.74, 6) is 2.05. The molecule has 0 aliphatic heterocycles. The van der Waals surface area contributed by atoms with Gasteiger partial charge in [0, 0.05) is 18.1 Å². The van der Waals surface area contributed by atoms with E-state index in [1.165, 1.54) is 30.0 Å². The first-order valence-electron chi connectivity index (χ1n) is 7.39. The van der Waals surface area contributed by atoms with Crippen LogP contribution >= 0.6 is 15.9 Å². The lowest BCUT2D eigenvalue weighted by Crippen LogP contribution is -2.34. The smallest absolute Gasteiger partial charge is 0.244 e. The summed E-state index contributed by atoms with van der Waals surface area (Å²) < 4.78 is 27.7. The Balaban J connectivity index is 1.79. The molecule has 2 saturated carbocycles.